The number of H-pyrrole nitrogens is 1. The number of aromatic hydroxyl groups is 1. The lowest BCUT2D eigenvalue weighted by Crippen LogP contribution is -2.58. The van der Waals surface area contributed by atoms with Gasteiger partial charge in [-0.05, 0) is 55.0 Å². The van der Waals surface area contributed by atoms with Crippen molar-refractivity contribution < 1.29 is 29.4 Å². The number of aromatic amines is 1. The van der Waals surface area contributed by atoms with Crippen LogP contribution in [-0.4, -0.2) is 63.1 Å². The lowest BCUT2D eigenvalue weighted by atomic mass is 9.99. The van der Waals surface area contributed by atoms with Gasteiger partial charge in [-0.25, -0.2) is 0 Å². The number of nitrogens with one attached hydrogen (secondary N) is 4. The van der Waals surface area contributed by atoms with Crippen molar-refractivity contribution in [3.63, 3.8) is 0 Å². The van der Waals surface area contributed by atoms with Gasteiger partial charge in [0, 0.05) is 23.5 Å². The number of amides is 3. The molecule has 3 rings (SSSR count). The molecular weight excluding hydrogens is 514 g/mol. The molecule has 1 unspecified atom stereocenters. The number of para-hydroxylation sites is 1. The zero-order chi connectivity index (χ0) is 29.4. The summed E-state index contributed by atoms with van der Waals surface area (Å²) in [6.07, 6.45) is 2.33. The van der Waals surface area contributed by atoms with Crippen molar-refractivity contribution in [2.75, 3.05) is 0 Å². The van der Waals surface area contributed by atoms with Crippen molar-refractivity contribution >= 4 is 34.6 Å². The van der Waals surface area contributed by atoms with E-state index >= 15 is 0 Å². The number of carbonyl (C=O) groups excluding carboxylic acids is 3. The molecule has 3 aromatic rings. The number of phenols is 1. The van der Waals surface area contributed by atoms with Crippen molar-refractivity contribution in [3.05, 3.63) is 65.9 Å². The van der Waals surface area contributed by atoms with Gasteiger partial charge in [-0.2, -0.15) is 0 Å². The Labute approximate surface area is 232 Å². The summed E-state index contributed by atoms with van der Waals surface area (Å²) >= 11 is 0. The number of carboxylic acids is 1. The van der Waals surface area contributed by atoms with Crippen LogP contribution in [0.25, 0.3) is 10.9 Å². The second kappa shape index (κ2) is 13.6. The van der Waals surface area contributed by atoms with Crippen LogP contribution in [0.1, 0.15) is 38.3 Å². The fourth-order valence-corrected chi connectivity index (χ4v) is 4.46. The van der Waals surface area contributed by atoms with Gasteiger partial charge in [-0.3, -0.25) is 24.5 Å². The van der Waals surface area contributed by atoms with Gasteiger partial charge in [0.15, 0.2) is 0 Å². The summed E-state index contributed by atoms with van der Waals surface area (Å²) in [5.41, 5.74) is 7.93. The van der Waals surface area contributed by atoms with Crippen LogP contribution >= 0.6 is 0 Å². The molecule has 0 radical (unpaired) electrons. The van der Waals surface area contributed by atoms with Gasteiger partial charge in [0.1, 0.15) is 23.9 Å². The van der Waals surface area contributed by atoms with E-state index in [4.69, 9.17) is 5.73 Å². The molecule has 0 bridgehead atoms. The van der Waals surface area contributed by atoms with Crippen LogP contribution in [0.2, 0.25) is 0 Å². The Morgan fingerprint density at radius 3 is 2.12 bits per heavy atom. The highest BCUT2D eigenvalue weighted by atomic mass is 16.4. The number of aliphatic carboxylic acids is 1. The molecule has 11 heteroatoms. The minimum absolute atomic E-state index is 0.0122. The summed E-state index contributed by atoms with van der Waals surface area (Å²) in [7, 11) is 0. The largest absolute Gasteiger partial charge is 0.508 e. The number of hydrogen-bond donors (Lipinski definition) is 7. The van der Waals surface area contributed by atoms with Gasteiger partial charge >= 0.3 is 5.97 Å². The summed E-state index contributed by atoms with van der Waals surface area (Å²) < 4.78 is 0. The highest BCUT2D eigenvalue weighted by Crippen LogP contribution is 2.20. The average molecular weight is 552 g/mol. The molecular formula is C29H37N5O6. The predicted molar refractivity (Wildman–Crippen MR) is 150 cm³/mol. The smallest absolute Gasteiger partial charge is 0.320 e. The van der Waals surface area contributed by atoms with Gasteiger partial charge in [-0.1, -0.05) is 44.2 Å². The molecule has 0 saturated heterocycles. The van der Waals surface area contributed by atoms with Gasteiger partial charge in [-0.15, -0.1) is 0 Å². The fourth-order valence-electron chi connectivity index (χ4n) is 4.46. The fraction of sp³-hybridized carbons (Fsp3) is 0.379. The minimum Gasteiger partial charge on any atom is -0.508 e. The molecule has 0 spiro atoms. The number of carboxylic acid groups (broad SMARTS) is 1. The number of primary amides is 1. The monoisotopic (exact) mass is 551 g/mol. The number of nitrogens with two attached hydrogens (primary N) is 1. The van der Waals surface area contributed by atoms with Crippen LogP contribution in [-0.2, 0) is 32.0 Å². The number of carbonyl (C=O) groups is 4. The third kappa shape index (κ3) is 8.31. The van der Waals surface area contributed by atoms with Crippen molar-refractivity contribution in [2.24, 2.45) is 11.7 Å². The molecule has 11 nitrogen and oxygen atoms in total. The quantitative estimate of drug-likeness (QED) is 0.158. The number of hydrogen-bond acceptors (Lipinski definition) is 6. The molecule has 0 aliphatic heterocycles. The number of rotatable bonds is 14. The van der Waals surface area contributed by atoms with Crippen LogP contribution in [0.15, 0.2) is 54.7 Å². The van der Waals surface area contributed by atoms with Crippen molar-refractivity contribution in [2.45, 2.75) is 64.2 Å². The molecule has 4 atom stereocenters. The molecule has 1 aromatic heterocycles. The number of aromatic nitrogens is 1. The van der Waals surface area contributed by atoms with E-state index in [9.17, 15) is 29.4 Å². The zero-order valence-electron chi connectivity index (χ0n) is 22.8. The number of phenolic OH excluding ortho intramolecular Hbond substituents is 1. The van der Waals surface area contributed by atoms with E-state index < -0.39 is 47.9 Å². The Bertz CT molecular complexity index is 1340. The first-order chi connectivity index (χ1) is 18.9. The first-order valence-corrected chi connectivity index (χ1v) is 13.2. The Balaban J connectivity index is 1.79. The van der Waals surface area contributed by atoms with Crippen molar-refractivity contribution in [1.29, 1.82) is 0 Å². The summed E-state index contributed by atoms with van der Waals surface area (Å²) in [4.78, 5) is 53.7. The Kier molecular flexibility index (Phi) is 10.3. The first kappa shape index (κ1) is 30.2. The molecule has 0 aliphatic rings. The molecule has 2 aromatic carbocycles. The third-order valence-electron chi connectivity index (χ3n) is 6.61. The van der Waals surface area contributed by atoms with Crippen LogP contribution in [0.3, 0.4) is 0 Å². The van der Waals surface area contributed by atoms with Gasteiger partial charge in [0.2, 0.25) is 17.7 Å². The Morgan fingerprint density at radius 1 is 0.875 bits per heavy atom. The first-order valence-electron chi connectivity index (χ1n) is 13.2. The molecule has 3 amide bonds. The second-order valence-corrected chi connectivity index (χ2v) is 10.4. The maximum Gasteiger partial charge on any atom is 0.320 e. The van der Waals surface area contributed by atoms with Gasteiger partial charge < -0.3 is 31.6 Å². The maximum atomic E-state index is 13.5. The van der Waals surface area contributed by atoms with Crippen molar-refractivity contribution in [3.8, 4) is 5.75 Å². The standard InChI is InChI=1S/C29H37N5O6/c1-16(2)12-24(27(37)33-23(26(30)36)13-18-8-10-20(35)11-9-18)34-28(38)25(32-17(3)29(39)40)14-19-15-31-22-7-5-4-6-21(19)22/h4-11,15-17,23-25,31-32,35H,12-14H2,1-3H3,(H2,30,36)(H,33,37)(H,34,38)(H,39,40)/t17?,23-,24-,25-/m0/s1. The van der Waals surface area contributed by atoms with Crippen LogP contribution < -0.4 is 21.7 Å². The topological polar surface area (TPSA) is 187 Å². The highest BCUT2D eigenvalue weighted by molar-refractivity contribution is 5.93. The molecule has 40 heavy (non-hydrogen) atoms. The normalized spacial score (nSPS) is 14.3. The average Bonchev–Trinajstić information content (AvgIpc) is 3.30. The molecule has 0 fully saturated rings. The van der Waals surface area contributed by atoms with E-state index in [0.29, 0.717) is 5.56 Å². The van der Waals surface area contributed by atoms with E-state index in [-0.39, 0.29) is 30.9 Å². The molecule has 214 valence electrons. The summed E-state index contributed by atoms with van der Waals surface area (Å²) in [6, 6.07) is 9.71. The van der Waals surface area contributed by atoms with Crippen LogP contribution in [0, 0.1) is 5.92 Å². The van der Waals surface area contributed by atoms with Crippen molar-refractivity contribution in [1.82, 2.24) is 20.9 Å². The van der Waals surface area contributed by atoms with E-state index in [0.717, 1.165) is 16.5 Å². The zero-order valence-corrected chi connectivity index (χ0v) is 22.8. The predicted octanol–water partition coefficient (Wildman–Crippen LogP) is 1.59. The summed E-state index contributed by atoms with van der Waals surface area (Å²) in [5, 5.41) is 28.2. The Morgan fingerprint density at radius 2 is 1.50 bits per heavy atom. The second-order valence-electron chi connectivity index (χ2n) is 10.4. The van der Waals surface area contributed by atoms with Gasteiger partial charge in [0.25, 0.3) is 0 Å². The van der Waals surface area contributed by atoms with Crippen LogP contribution in [0.4, 0.5) is 0 Å². The third-order valence-corrected chi connectivity index (χ3v) is 6.61. The molecule has 0 aliphatic carbocycles. The Hall–Kier alpha value is -4.38. The van der Waals surface area contributed by atoms with E-state index in [1.165, 1.54) is 19.1 Å². The molecule has 1 heterocycles. The maximum absolute atomic E-state index is 13.5. The number of fused-ring (bicyclic) bond motifs is 1. The highest BCUT2D eigenvalue weighted by Gasteiger charge is 2.31. The van der Waals surface area contributed by atoms with Gasteiger partial charge in [0.05, 0.1) is 6.04 Å². The lowest BCUT2D eigenvalue weighted by Gasteiger charge is -2.26. The summed E-state index contributed by atoms with van der Waals surface area (Å²) in [5.74, 6) is -2.92. The summed E-state index contributed by atoms with van der Waals surface area (Å²) in [6.45, 7) is 5.22. The van der Waals surface area contributed by atoms with Crippen LogP contribution in [0.5, 0.6) is 5.75 Å². The molecule has 8 N–H and O–H groups in total. The minimum atomic E-state index is -1.12. The number of benzene rings is 2. The lowest BCUT2D eigenvalue weighted by molar-refractivity contribution is -0.139. The van der Waals surface area contributed by atoms with E-state index in [2.05, 4.69) is 20.9 Å². The SMILES string of the molecule is CC(C)C[C@H](NC(=O)[C@H](Cc1c[nH]c2ccccc12)NC(C)C(=O)O)C(=O)N[C@@H](Cc1ccc(O)cc1)C(N)=O. The van der Waals surface area contributed by atoms with E-state index in [1.807, 2.05) is 38.1 Å². The molecule has 0 saturated carbocycles. The van der Waals surface area contributed by atoms with E-state index in [1.54, 1.807) is 18.3 Å².